The molecule has 21 heavy (non-hydrogen) atoms. The molecule has 0 bridgehead atoms. The maximum absolute atomic E-state index is 12.0. The van der Waals surface area contributed by atoms with Crippen LogP contribution in [0.1, 0.15) is 10.5 Å². The van der Waals surface area contributed by atoms with E-state index in [1.54, 1.807) is 12.1 Å². The van der Waals surface area contributed by atoms with Crippen molar-refractivity contribution in [1.29, 1.82) is 0 Å². The Morgan fingerprint density at radius 3 is 2.52 bits per heavy atom. The number of benzene rings is 1. The van der Waals surface area contributed by atoms with Crippen molar-refractivity contribution in [1.82, 2.24) is 15.0 Å². The van der Waals surface area contributed by atoms with E-state index in [4.69, 9.17) is 28.3 Å². The van der Waals surface area contributed by atoms with Crippen LogP contribution in [0.5, 0.6) is 0 Å². The summed E-state index contributed by atoms with van der Waals surface area (Å²) in [6.07, 6.45) is 1.21. The van der Waals surface area contributed by atoms with Crippen molar-refractivity contribution in [2.45, 2.75) is 6.54 Å². The minimum atomic E-state index is -1.09. The predicted molar refractivity (Wildman–Crippen MR) is 79.8 cm³/mol. The number of hydrogen-bond donors (Lipinski definition) is 2. The molecule has 0 saturated carbocycles. The van der Waals surface area contributed by atoms with Crippen molar-refractivity contribution in [3.8, 4) is 0 Å². The summed E-state index contributed by atoms with van der Waals surface area (Å²) in [4.78, 5) is 22.5. The Hall–Kier alpha value is -1.64. The standard InChI is InChI=1S/C11H7BrCl2N4O3/c12-5-1-6(13)10(7(14)2-5)15-11(21)8-3-18(17-16-8)4-9(19)20/h1-3H,4H2,(H,15,21)(H,19,20). The van der Waals surface area contributed by atoms with Gasteiger partial charge in [0.1, 0.15) is 6.54 Å². The third kappa shape index (κ3) is 3.93. The number of carbonyl (C=O) groups excluding carboxylic acids is 1. The molecule has 1 aromatic heterocycles. The van der Waals surface area contributed by atoms with Crippen molar-refractivity contribution < 1.29 is 14.7 Å². The Kier molecular flexibility index (Phi) is 4.81. The van der Waals surface area contributed by atoms with Gasteiger partial charge in [-0.15, -0.1) is 5.10 Å². The lowest BCUT2D eigenvalue weighted by Gasteiger charge is -2.08. The molecule has 2 N–H and O–H groups in total. The van der Waals surface area contributed by atoms with Gasteiger partial charge in [-0.25, -0.2) is 4.68 Å². The smallest absolute Gasteiger partial charge is 0.325 e. The number of amides is 1. The number of nitrogens with zero attached hydrogens (tertiary/aromatic N) is 3. The van der Waals surface area contributed by atoms with Gasteiger partial charge in [-0.1, -0.05) is 44.3 Å². The molecule has 110 valence electrons. The average Bonchev–Trinajstić information content (AvgIpc) is 2.81. The van der Waals surface area contributed by atoms with Crippen molar-refractivity contribution in [2.24, 2.45) is 0 Å². The van der Waals surface area contributed by atoms with E-state index >= 15 is 0 Å². The number of anilines is 1. The second-order valence-corrected chi connectivity index (χ2v) is 5.62. The van der Waals surface area contributed by atoms with Gasteiger partial charge in [0.05, 0.1) is 21.9 Å². The maximum atomic E-state index is 12.0. The molecular formula is C11H7BrCl2N4O3. The lowest BCUT2D eigenvalue weighted by Crippen LogP contribution is -2.13. The maximum Gasteiger partial charge on any atom is 0.325 e. The van der Waals surface area contributed by atoms with Crippen LogP contribution in [0.3, 0.4) is 0 Å². The minimum Gasteiger partial charge on any atom is -0.480 e. The highest BCUT2D eigenvalue weighted by Gasteiger charge is 2.16. The molecule has 0 unspecified atom stereocenters. The van der Waals surface area contributed by atoms with E-state index in [1.165, 1.54) is 6.20 Å². The summed E-state index contributed by atoms with van der Waals surface area (Å²) in [6, 6.07) is 3.15. The van der Waals surface area contributed by atoms with E-state index in [-0.39, 0.29) is 28.0 Å². The highest BCUT2D eigenvalue weighted by atomic mass is 79.9. The van der Waals surface area contributed by atoms with E-state index in [2.05, 4.69) is 31.6 Å². The normalized spacial score (nSPS) is 10.4. The van der Waals surface area contributed by atoms with Crippen LogP contribution in [0.2, 0.25) is 10.0 Å². The fraction of sp³-hybridized carbons (Fsp3) is 0.0909. The second-order valence-electron chi connectivity index (χ2n) is 3.89. The van der Waals surface area contributed by atoms with Gasteiger partial charge in [0.25, 0.3) is 5.91 Å². The van der Waals surface area contributed by atoms with E-state index < -0.39 is 11.9 Å². The fourth-order valence-electron chi connectivity index (χ4n) is 1.46. The van der Waals surface area contributed by atoms with Crippen LogP contribution in [0.15, 0.2) is 22.8 Å². The second kappa shape index (κ2) is 6.42. The molecule has 1 aromatic carbocycles. The van der Waals surface area contributed by atoms with Crippen LogP contribution in [0.4, 0.5) is 5.69 Å². The number of aliphatic carboxylic acids is 1. The number of nitrogens with one attached hydrogen (secondary N) is 1. The molecule has 2 rings (SSSR count). The first kappa shape index (κ1) is 15.7. The van der Waals surface area contributed by atoms with Crippen LogP contribution < -0.4 is 5.32 Å². The number of halogens is 3. The zero-order valence-corrected chi connectivity index (χ0v) is 13.3. The van der Waals surface area contributed by atoms with Gasteiger partial charge in [0.2, 0.25) is 0 Å². The molecular weight excluding hydrogens is 387 g/mol. The SMILES string of the molecule is O=C(O)Cn1cc(C(=O)Nc2c(Cl)cc(Br)cc2Cl)nn1. The summed E-state index contributed by atoms with van der Waals surface area (Å²) in [5.74, 6) is -1.69. The number of hydrogen-bond acceptors (Lipinski definition) is 4. The summed E-state index contributed by atoms with van der Waals surface area (Å²) in [6.45, 7) is -0.389. The van der Waals surface area contributed by atoms with Gasteiger partial charge in [-0.2, -0.15) is 0 Å². The minimum absolute atomic E-state index is 0.0497. The van der Waals surface area contributed by atoms with Gasteiger partial charge in [-0.3, -0.25) is 9.59 Å². The molecule has 0 aliphatic rings. The first-order valence-electron chi connectivity index (χ1n) is 5.44. The predicted octanol–water partition coefficient (Wildman–Crippen LogP) is 2.68. The molecule has 0 aliphatic carbocycles. The van der Waals surface area contributed by atoms with Gasteiger partial charge >= 0.3 is 5.97 Å². The number of aromatic nitrogens is 3. The van der Waals surface area contributed by atoms with Crippen molar-refractivity contribution in [3.05, 3.63) is 38.5 Å². The highest BCUT2D eigenvalue weighted by molar-refractivity contribution is 9.10. The lowest BCUT2D eigenvalue weighted by molar-refractivity contribution is -0.137. The number of carboxylic acids is 1. The zero-order valence-electron chi connectivity index (χ0n) is 10.2. The fourth-order valence-corrected chi connectivity index (χ4v) is 2.76. The van der Waals surface area contributed by atoms with Gasteiger partial charge in [0, 0.05) is 4.47 Å². The quantitative estimate of drug-likeness (QED) is 0.832. The summed E-state index contributed by atoms with van der Waals surface area (Å²) in [5, 5.41) is 18.7. The van der Waals surface area contributed by atoms with Crippen molar-refractivity contribution in [2.75, 3.05) is 5.32 Å². The highest BCUT2D eigenvalue weighted by Crippen LogP contribution is 2.33. The molecule has 0 spiro atoms. The number of carboxylic acid groups (broad SMARTS) is 1. The molecule has 0 atom stereocenters. The van der Waals surface area contributed by atoms with E-state index in [0.29, 0.717) is 4.47 Å². The Morgan fingerprint density at radius 2 is 1.95 bits per heavy atom. The van der Waals surface area contributed by atoms with Crippen LogP contribution >= 0.6 is 39.1 Å². The topological polar surface area (TPSA) is 97.1 Å². The van der Waals surface area contributed by atoms with Gasteiger partial charge in [0.15, 0.2) is 5.69 Å². The molecule has 1 heterocycles. The first-order chi connectivity index (χ1) is 9.86. The van der Waals surface area contributed by atoms with Crippen LogP contribution in [-0.2, 0) is 11.3 Å². The number of carbonyl (C=O) groups is 2. The van der Waals surface area contributed by atoms with E-state index in [0.717, 1.165) is 4.68 Å². The third-order valence-electron chi connectivity index (χ3n) is 2.31. The summed E-state index contributed by atoms with van der Waals surface area (Å²) >= 11 is 15.2. The van der Waals surface area contributed by atoms with Gasteiger partial charge in [-0.05, 0) is 12.1 Å². The summed E-state index contributed by atoms with van der Waals surface area (Å²) in [7, 11) is 0. The Bertz CT molecular complexity index is 696. The van der Waals surface area contributed by atoms with Crippen molar-refractivity contribution in [3.63, 3.8) is 0 Å². The third-order valence-corrected chi connectivity index (χ3v) is 3.37. The molecule has 0 aliphatic heterocycles. The van der Waals surface area contributed by atoms with Crippen LogP contribution in [-0.4, -0.2) is 32.0 Å². The Labute approximate surface area is 137 Å². The Morgan fingerprint density at radius 1 is 1.33 bits per heavy atom. The molecule has 0 radical (unpaired) electrons. The molecule has 2 aromatic rings. The molecule has 7 nitrogen and oxygen atoms in total. The monoisotopic (exact) mass is 392 g/mol. The van der Waals surface area contributed by atoms with Crippen molar-refractivity contribution >= 4 is 56.7 Å². The largest absolute Gasteiger partial charge is 0.480 e. The summed E-state index contributed by atoms with van der Waals surface area (Å²) in [5.41, 5.74) is 0.186. The van der Waals surface area contributed by atoms with E-state index in [9.17, 15) is 9.59 Å². The molecule has 1 amide bonds. The molecule has 10 heteroatoms. The number of rotatable bonds is 4. The molecule has 0 saturated heterocycles. The van der Waals surface area contributed by atoms with Crippen LogP contribution in [0, 0.1) is 0 Å². The van der Waals surface area contributed by atoms with Gasteiger partial charge < -0.3 is 10.4 Å². The molecule has 0 fully saturated rings. The Balaban J connectivity index is 2.18. The first-order valence-corrected chi connectivity index (χ1v) is 6.99. The van der Waals surface area contributed by atoms with Crippen LogP contribution in [0.25, 0.3) is 0 Å². The van der Waals surface area contributed by atoms with E-state index in [1.807, 2.05) is 0 Å². The average molecular weight is 394 g/mol. The lowest BCUT2D eigenvalue weighted by atomic mass is 10.3. The summed E-state index contributed by atoms with van der Waals surface area (Å²) < 4.78 is 1.70. The zero-order chi connectivity index (χ0) is 15.6.